The quantitative estimate of drug-likeness (QED) is 0.759. The number of nitrogens with one attached hydrogen (secondary N) is 2. The molecule has 2 aromatic carbocycles. The number of hydrogen-bond acceptors (Lipinski definition) is 2. The molecule has 1 atom stereocenters. The smallest absolute Gasteiger partial charge is 0.319 e. The number of carbonyl (C=O) groups is 1. The molecule has 24 heavy (non-hydrogen) atoms. The van der Waals surface area contributed by atoms with Crippen molar-refractivity contribution in [2.45, 2.75) is 6.04 Å². The third-order valence-corrected chi connectivity index (χ3v) is 3.55. The van der Waals surface area contributed by atoms with Gasteiger partial charge in [-0.2, -0.15) is 0 Å². The monoisotopic (exact) mass is 321 g/mol. The van der Waals surface area contributed by atoms with Gasteiger partial charge in [-0.05, 0) is 47.5 Å². The van der Waals surface area contributed by atoms with Crippen molar-refractivity contribution in [1.29, 1.82) is 0 Å². The molecule has 0 spiro atoms. The lowest BCUT2D eigenvalue weighted by molar-refractivity contribution is 0.250. The van der Waals surface area contributed by atoms with Gasteiger partial charge in [0, 0.05) is 18.1 Å². The van der Waals surface area contributed by atoms with Crippen molar-refractivity contribution in [3.8, 4) is 0 Å². The molecule has 2 N–H and O–H groups in total. The second kappa shape index (κ2) is 7.37. The molecule has 0 bridgehead atoms. The molecule has 5 heteroatoms. The minimum atomic E-state index is -0.368. The van der Waals surface area contributed by atoms with Gasteiger partial charge < -0.3 is 10.6 Å². The van der Waals surface area contributed by atoms with E-state index in [0.29, 0.717) is 5.69 Å². The van der Waals surface area contributed by atoms with Crippen molar-refractivity contribution in [2.24, 2.45) is 0 Å². The molecule has 4 nitrogen and oxygen atoms in total. The van der Waals surface area contributed by atoms with Crippen LogP contribution in [-0.2, 0) is 0 Å². The first-order chi connectivity index (χ1) is 11.7. The largest absolute Gasteiger partial charge is 0.327 e. The minimum absolute atomic E-state index is 0.311. The minimum Gasteiger partial charge on any atom is -0.327 e. The molecule has 1 unspecified atom stereocenters. The number of anilines is 1. The molecule has 0 aliphatic carbocycles. The molecule has 2 amide bonds. The normalized spacial score (nSPS) is 11.5. The Bertz CT molecular complexity index is 752. The lowest BCUT2D eigenvalue weighted by Crippen LogP contribution is -2.33. The van der Waals surface area contributed by atoms with Crippen LogP contribution in [0.1, 0.15) is 17.2 Å². The Balaban J connectivity index is 1.79. The van der Waals surface area contributed by atoms with Crippen LogP contribution in [0.2, 0.25) is 0 Å². The Morgan fingerprint density at radius 1 is 0.875 bits per heavy atom. The molecule has 3 aromatic rings. The highest BCUT2D eigenvalue weighted by Crippen LogP contribution is 2.21. The van der Waals surface area contributed by atoms with Crippen molar-refractivity contribution < 1.29 is 9.18 Å². The van der Waals surface area contributed by atoms with E-state index < -0.39 is 0 Å². The Hall–Kier alpha value is -3.21. The van der Waals surface area contributed by atoms with E-state index in [1.807, 2.05) is 42.5 Å². The van der Waals surface area contributed by atoms with E-state index in [2.05, 4.69) is 15.6 Å². The number of urea groups is 1. The topological polar surface area (TPSA) is 54.0 Å². The first kappa shape index (κ1) is 15.7. The SMILES string of the molecule is O=C(Nc1ccc(F)cc1)NC(c1ccccc1)c1ccncc1. The maximum Gasteiger partial charge on any atom is 0.319 e. The Kier molecular flexibility index (Phi) is 4.81. The zero-order chi connectivity index (χ0) is 16.8. The van der Waals surface area contributed by atoms with Crippen LogP contribution in [0.5, 0.6) is 0 Å². The number of hydrogen-bond donors (Lipinski definition) is 2. The molecule has 0 fully saturated rings. The molecule has 1 heterocycles. The van der Waals surface area contributed by atoms with Gasteiger partial charge in [-0.15, -0.1) is 0 Å². The van der Waals surface area contributed by atoms with Crippen LogP contribution in [0.15, 0.2) is 79.1 Å². The van der Waals surface area contributed by atoms with Crippen LogP contribution in [0.4, 0.5) is 14.9 Å². The number of aromatic nitrogens is 1. The molecule has 0 aliphatic heterocycles. The maximum atomic E-state index is 12.9. The number of amides is 2. The third-order valence-electron chi connectivity index (χ3n) is 3.55. The van der Waals surface area contributed by atoms with E-state index in [0.717, 1.165) is 11.1 Å². The fraction of sp³-hybridized carbons (Fsp3) is 0.0526. The van der Waals surface area contributed by atoms with Gasteiger partial charge in [0.2, 0.25) is 0 Å². The molecule has 0 radical (unpaired) electrons. The lowest BCUT2D eigenvalue weighted by atomic mass is 10.00. The van der Waals surface area contributed by atoms with Crippen molar-refractivity contribution >= 4 is 11.7 Å². The van der Waals surface area contributed by atoms with Gasteiger partial charge in [0.25, 0.3) is 0 Å². The summed E-state index contributed by atoms with van der Waals surface area (Å²) in [6.07, 6.45) is 3.37. The Morgan fingerprint density at radius 2 is 1.50 bits per heavy atom. The molecule has 0 aliphatic rings. The number of rotatable bonds is 4. The van der Waals surface area contributed by atoms with Crippen molar-refractivity contribution in [3.63, 3.8) is 0 Å². The van der Waals surface area contributed by atoms with Crippen molar-refractivity contribution in [3.05, 3.63) is 96.1 Å². The zero-order valence-corrected chi connectivity index (χ0v) is 12.8. The van der Waals surface area contributed by atoms with Crippen LogP contribution < -0.4 is 10.6 Å². The maximum absolute atomic E-state index is 12.9. The van der Waals surface area contributed by atoms with E-state index in [1.165, 1.54) is 24.3 Å². The van der Waals surface area contributed by atoms with E-state index in [4.69, 9.17) is 0 Å². The van der Waals surface area contributed by atoms with Gasteiger partial charge in [-0.1, -0.05) is 30.3 Å². The first-order valence-corrected chi connectivity index (χ1v) is 7.50. The molecule has 0 saturated carbocycles. The number of halogens is 1. The number of pyridine rings is 1. The number of benzene rings is 2. The summed E-state index contributed by atoms with van der Waals surface area (Å²) in [5.41, 5.74) is 2.40. The first-order valence-electron chi connectivity index (χ1n) is 7.50. The predicted molar refractivity (Wildman–Crippen MR) is 91.1 cm³/mol. The fourth-order valence-electron chi connectivity index (χ4n) is 2.39. The predicted octanol–water partition coefficient (Wildman–Crippen LogP) is 4.13. The molecule has 0 saturated heterocycles. The fourth-order valence-corrected chi connectivity index (χ4v) is 2.39. The van der Waals surface area contributed by atoms with Crippen molar-refractivity contribution in [2.75, 3.05) is 5.32 Å². The highest BCUT2D eigenvalue weighted by atomic mass is 19.1. The Morgan fingerprint density at radius 3 is 2.17 bits per heavy atom. The van der Waals surface area contributed by atoms with Gasteiger partial charge in [0.05, 0.1) is 6.04 Å². The summed E-state index contributed by atoms with van der Waals surface area (Å²) < 4.78 is 12.9. The summed E-state index contributed by atoms with van der Waals surface area (Å²) in [6.45, 7) is 0. The van der Waals surface area contributed by atoms with Gasteiger partial charge in [-0.3, -0.25) is 4.98 Å². The molecular formula is C19H16FN3O. The van der Waals surface area contributed by atoms with Crippen LogP contribution >= 0.6 is 0 Å². The standard InChI is InChI=1S/C19H16FN3O/c20-16-6-8-17(9-7-16)22-19(24)23-18(14-4-2-1-3-5-14)15-10-12-21-13-11-15/h1-13,18H,(H2,22,23,24). The average molecular weight is 321 g/mol. The second-order valence-electron chi connectivity index (χ2n) is 5.23. The molecular weight excluding hydrogens is 305 g/mol. The summed E-state index contributed by atoms with van der Waals surface area (Å²) in [5, 5.41) is 5.65. The van der Waals surface area contributed by atoms with Crippen LogP contribution in [-0.4, -0.2) is 11.0 Å². The highest BCUT2D eigenvalue weighted by molar-refractivity contribution is 5.89. The van der Waals surface area contributed by atoms with Gasteiger partial charge in [0.15, 0.2) is 0 Å². The van der Waals surface area contributed by atoms with Crippen LogP contribution in [0.3, 0.4) is 0 Å². The summed E-state index contributed by atoms with van der Waals surface area (Å²) in [5.74, 6) is -0.347. The average Bonchev–Trinajstić information content (AvgIpc) is 2.63. The third kappa shape index (κ3) is 3.95. The second-order valence-corrected chi connectivity index (χ2v) is 5.23. The van der Waals surface area contributed by atoms with Crippen LogP contribution in [0.25, 0.3) is 0 Å². The van der Waals surface area contributed by atoms with E-state index in [-0.39, 0.29) is 17.9 Å². The van der Waals surface area contributed by atoms with Crippen molar-refractivity contribution in [1.82, 2.24) is 10.3 Å². The lowest BCUT2D eigenvalue weighted by Gasteiger charge is -2.20. The summed E-state index contributed by atoms with van der Waals surface area (Å²) in [6, 6.07) is 18.3. The van der Waals surface area contributed by atoms with E-state index in [9.17, 15) is 9.18 Å². The van der Waals surface area contributed by atoms with E-state index in [1.54, 1.807) is 12.4 Å². The molecule has 1 aromatic heterocycles. The molecule has 120 valence electrons. The Labute approximate surface area is 139 Å². The number of carbonyl (C=O) groups excluding carboxylic acids is 1. The molecule has 3 rings (SSSR count). The van der Waals surface area contributed by atoms with E-state index >= 15 is 0 Å². The number of nitrogens with zero attached hydrogens (tertiary/aromatic N) is 1. The highest BCUT2D eigenvalue weighted by Gasteiger charge is 2.16. The summed E-state index contributed by atoms with van der Waals surface area (Å²) in [4.78, 5) is 16.3. The zero-order valence-electron chi connectivity index (χ0n) is 12.8. The van der Waals surface area contributed by atoms with Crippen LogP contribution in [0, 0.1) is 5.82 Å². The van der Waals surface area contributed by atoms with Gasteiger partial charge >= 0.3 is 6.03 Å². The summed E-state index contributed by atoms with van der Waals surface area (Å²) in [7, 11) is 0. The summed E-state index contributed by atoms with van der Waals surface area (Å²) >= 11 is 0. The van der Waals surface area contributed by atoms with Gasteiger partial charge in [-0.25, -0.2) is 9.18 Å². The van der Waals surface area contributed by atoms with Gasteiger partial charge in [0.1, 0.15) is 5.82 Å².